The number of carbonyl (C=O) groups is 3. The zero-order valence-corrected chi connectivity index (χ0v) is 16.8. The molecule has 0 unspecified atom stereocenters. The van der Waals surface area contributed by atoms with Crippen LogP contribution in [0.3, 0.4) is 0 Å². The van der Waals surface area contributed by atoms with Crippen LogP contribution in [0.25, 0.3) is 0 Å². The molecule has 2 amide bonds. The fourth-order valence-electron chi connectivity index (χ4n) is 3.07. The first-order valence-electron chi connectivity index (χ1n) is 9.40. The average Bonchev–Trinajstić information content (AvgIpc) is 2.98. The van der Waals surface area contributed by atoms with Gasteiger partial charge in [-0.2, -0.15) is 0 Å². The topological polar surface area (TPSA) is 100 Å². The molecule has 0 saturated carbocycles. The predicted molar refractivity (Wildman–Crippen MR) is 108 cm³/mol. The molecule has 0 radical (unpaired) electrons. The molecule has 0 saturated heterocycles. The lowest BCUT2D eigenvalue weighted by Gasteiger charge is -2.09. The van der Waals surface area contributed by atoms with Crippen LogP contribution in [-0.2, 0) is 11.2 Å². The summed E-state index contributed by atoms with van der Waals surface area (Å²) in [4.78, 5) is 39.2. The highest BCUT2D eigenvalue weighted by molar-refractivity contribution is 6.07. The number of hydrogen-bond donors (Lipinski definition) is 3. The van der Waals surface area contributed by atoms with E-state index >= 15 is 0 Å². The monoisotopic (exact) mass is 385 g/mol. The molecular formula is C21H27N3O4. The number of Topliss-reactive ketones (excluding diaryl/α,β-unsaturated/α-hetero) is 1. The number of hydrogen-bond acceptors (Lipinski definition) is 4. The van der Waals surface area contributed by atoms with Crippen LogP contribution in [0.2, 0.25) is 0 Å². The van der Waals surface area contributed by atoms with Crippen LogP contribution >= 0.6 is 0 Å². The van der Waals surface area contributed by atoms with E-state index in [0.717, 1.165) is 12.0 Å². The number of ether oxygens (including phenoxy) is 1. The van der Waals surface area contributed by atoms with Gasteiger partial charge in [0.05, 0.1) is 0 Å². The minimum Gasteiger partial charge on any atom is -0.484 e. The number of anilines is 1. The molecular weight excluding hydrogens is 358 g/mol. The molecule has 7 nitrogen and oxygen atoms in total. The van der Waals surface area contributed by atoms with Gasteiger partial charge < -0.3 is 20.4 Å². The van der Waals surface area contributed by atoms with Crippen molar-refractivity contribution >= 4 is 23.3 Å². The molecule has 0 aliphatic carbocycles. The Bertz CT molecular complexity index is 853. The van der Waals surface area contributed by atoms with Gasteiger partial charge in [-0.1, -0.05) is 13.3 Å². The molecule has 0 atom stereocenters. The van der Waals surface area contributed by atoms with E-state index in [0.29, 0.717) is 41.4 Å². The predicted octanol–water partition coefficient (Wildman–Crippen LogP) is 3.25. The smallest absolute Gasteiger partial charge is 0.272 e. The third-order valence-electron chi connectivity index (χ3n) is 4.23. The number of amides is 2. The van der Waals surface area contributed by atoms with Crippen LogP contribution in [0.1, 0.15) is 59.3 Å². The molecule has 0 aliphatic heterocycles. The molecule has 1 aromatic heterocycles. The van der Waals surface area contributed by atoms with Gasteiger partial charge in [-0.15, -0.1) is 0 Å². The summed E-state index contributed by atoms with van der Waals surface area (Å²) in [5.74, 6) is -0.00265. The molecule has 3 N–H and O–H groups in total. The first kappa shape index (κ1) is 21.2. The van der Waals surface area contributed by atoms with Crippen molar-refractivity contribution in [3.8, 4) is 5.75 Å². The third kappa shape index (κ3) is 5.22. The maximum atomic E-state index is 12.7. The number of benzene rings is 1. The van der Waals surface area contributed by atoms with Crippen molar-refractivity contribution < 1.29 is 19.1 Å². The Morgan fingerprint density at radius 3 is 2.36 bits per heavy atom. The second-order valence-corrected chi connectivity index (χ2v) is 6.51. The number of aromatic nitrogens is 1. The normalized spacial score (nSPS) is 10.4. The zero-order chi connectivity index (χ0) is 20.7. The molecule has 7 heteroatoms. The molecule has 1 aromatic carbocycles. The highest BCUT2D eigenvalue weighted by atomic mass is 16.5. The lowest BCUT2D eigenvalue weighted by molar-refractivity contribution is -0.122. The van der Waals surface area contributed by atoms with Crippen LogP contribution in [0, 0.1) is 6.92 Å². The van der Waals surface area contributed by atoms with Crippen LogP contribution in [0.4, 0.5) is 5.69 Å². The van der Waals surface area contributed by atoms with Gasteiger partial charge in [0.15, 0.2) is 12.4 Å². The Morgan fingerprint density at radius 1 is 1.11 bits per heavy atom. The SMILES string of the molecule is CCCc1c(C(=O)Nc2ccc(OCC(=O)NCC)cc2)[nH]c(C)c1C(C)=O. The van der Waals surface area contributed by atoms with Crippen molar-refractivity contribution in [2.24, 2.45) is 0 Å². The van der Waals surface area contributed by atoms with Gasteiger partial charge in [-0.25, -0.2) is 0 Å². The van der Waals surface area contributed by atoms with E-state index < -0.39 is 0 Å². The van der Waals surface area contributed by atoms with Crippen LogP contribution < -0.4 is 15.4 Å². The van der Waals surface area contributed by atoms with Gasteiger partial charge >= 0.3 is 0 Å². The Labute approximate surface area is 164 Å². The molecule has 0 spiro atoms. The summed E-state index contributed by atoms with van der Waals surface area (Å²) in [6.07, 6.45) is 1.48. The van der Waals surface area contributed by atoms with E-state index in [1.54, 1.807) is 31.2 Å². The first-order valence-corrected chi connectivity index (χ1v) is 9.40. The summed E-state index contributed by atoms with van der Waals surface area (Å²) in [6, 6.07) is 6.77. The fourth-order valence-corrected chi connectivity index (χ4v) is 3.07. The molecule has 1 heterocycles. The van der Waals surface area contributed by atoms with Gasteiger partial charge in [0.25, 0.3) is 11.8 Å². The standard InChI is InChI=1S/C21H27N3O4/c1-5-7-17-19(14(4)25)13(3)23-20(17)21(27)24-15-8-10-16(11-9-15)28-12-18(26)22-6-2/h8-11,23H,5-7,12H2,1-4H3,(H,22,26)(H,24,27). The van der Waals surface area contributed by atoms with Gasteiger partial charge in [-0.3, -0.25) is 14.4 Å². The molecule has 0 fully saturated rings. The van der Waals surface area contributed by atoms with E-state index in [9.17, 15) is 14.4 Å². The summed E-state index contributed by atoms with van der Waals surface area (Å²) >= 11 is 0. The summed E-state index contributed by atoms with van der Waals surface area (Å²) < 4.78 is 5.39. The first-order chi connectivity index (χ1) is 13.4. The van der Waals surface area contributed by atoms with Crippen LogP contribution in [-0.4, -0.2) is 35.7 Å². The highest BCUT2D eigenvalue weighted by Gasteiger charge is 2.22. The van der Waals surface area contributed by atoms with Crippen LogP contribution in [0.5, 0.6) is 5.75 Å². The number of H-pyrrole nitrogens is 1. The lowest BCUT2D eigenvalue weighted by atomic mass is 10.0. The maximum absolute atomic E-state index is 12.7. The Balaban J connectivity index is 2.10. The Hall–Kier alpha value is -3.09. The van der Waals surface area contributed by atoms with Crippen molar-refractivity contribution in [2.75, 3.05) is 18.5 Å². The summed E-state index contributed by atoms with van der Waals surface area (Å²) in [5, 5.41) is 5.49. The van der Waals surface area contributed by atoms with Crippen molar-refractivity contribution in [1.29, 1.82) is 0 Å². The van der Waals surface area contributed by atoms with E-state index in [4.69, 9.17) is 4.74 Å². The van der Waals surface area contributed by atoms with Crippen molar-refractivity contribution in [3.05, 3.63) is 46.8 Å². The second-order valence-electron chi connectivity index (χ2n) is 6.51. The largest absolute Gasteiger partial charge is 0.484 e. The van der Waals surface area contributed by atoms with E-state index in [-0.39, 0.29) is 24.2 Å². The quantitative estimate of drug-likeness (QED) is 0.577. The van der Waals surface area contributed by atoms with Crippen molar-refractivity contribution in [1.82, 2.24) is 10.3 Å². The number of aryl methyl sites for hydroxylation is 1. The minimum absolute atomic E-state index is 0.0511. The second kappa shape index (κ2) is 9.73. The molecule has 0 aliphatic rings. The summed E-state index contributed by atoms with van der Waals surface area (Å²) in [7, 11) is 0. The Morgan fingerprint density at radius 2 is 1.79 bits per heavy atom. The van der Waals surface area contributed by atoms with E-state index in [1.165, 1.54) is 6.92 Å². The van der Waals surface area contributed by atoms with Gasteiger partial charge in [0, 0.05) is 23.5 Å². The Kier molecular flexibility index (Phi) is 7.37. The number of carbonyl (C=O) groups excluding carboxylic acids is 3. The zero-order valence-electron chi connectivity index (χ0n) is 16.8. The van der Waals surface area contributed by atoms with E-state index in [1.807, 2.05) is 13.8 Å². The summed E-state index contributed by atoms with van der Waals surface area (Å²) in [5.41, 5.74) is 3.07. The van der Waals surface area contributed by atoms with Gasteiger partial charge in [-0.05, 0) is 57.0 Å². The number of ketones is 1. The number of aromatic amines is 1. The summed E-state index contributed by atoms with van der Waals surface area (Å²) in [6.45, 7) is 7.65. The number of likely N-dealkylation sites (N-methyl/N-ethyl adjacent to an activating group) is 1. The molecule has 150 valence electrons. The third-order valence-corrected chi connectivity index (χ3v) is 4.23. The minimum atomic E-state index is -0.296. The lowest BCUT2D eigenvalue weighted by Crippen LogP contribution is -2.28. The molecule has 2 aromatic rings. The number of nitrogens with one attached hydrogen (secondary N) is 3. The van der Waals surface area contributed by atoms with Crippen molar-refractivity contribution in [3.63, 3.8) is 0 Å². The fraction of sp³-hybridized carbons (Fsp3) is 0.381. The number of rotatable bonds is 9. The molecule has 2 rings (SSSR count). The molecule has 28 heavy (non-hydrogen) atoms. The molecule has 0 bridgehead atoms. The maximum Gasteiger partial charge on any atom is 0.272 e. The van der Waals surface area contributed by atoms with Gasteiger partial charge in [0.2, 0.25) is 0 Å². The van der Waals surface area contributed by atoms with Gasteiger partial charge in [0.1, 0.15) is 11.4 Å². The van der Waals surface area contributed by atoms with E-state index in [2.05, 4.69) is 15.6 Å². The van der Waals surface area contributed by atoms with Crippen molar-refractivity contribution in [2.45, 2.75) is 40.5 Å². The highest BCUT2D eigenvalue weighted by Crippen LogP contribution is 2.23. The van der Waals surface area contributed by atoms with Crippen LogP contribution in [0.15, 0.2) is 24.3 Å². The average molecular weight is 385 g/mol.